The van der Waals surface area contributed by atoms with Crippen LogP contribution in [0, 0.1) is 28.8 Å². The summed E-state index contributed by atoms with van der Waals surface area (Å²) >= 11 is 0. The van der Waals surface area contributed by atoms with Crippen LogP contribution < -0.4 is 10.6 Å². The number of nitriles is 2. The van der Waals surface area contributed by atoms with Gasteiger partial charge in [-0.25, -0.2) is 0 Å². The van der Waals surface area contributed by atoms with Crippen molar-refractivity contribution in [1.82, 2.24) is 10.6 Å². The fourth-order valence-corrected chi connectivity index (χ4v) is 1.11. The second-order valence-electron chi connectivity index (χ2n) is 2.90. The van der Waals surface area contributed by atoms with Crippen LogP contribution in [0.4, 0.5) is 0 Å². The minimum Gasteiger partial charge on any atom is -0.274 e. The van der Waals surface area contributed by atoms with Gasteiger partial charge in [0, 0.05) is 12.3 Å². The molecule has 0 radical (unpaired) electrons. The van der Waals surface area contributed by atoms with E-state index in [9.17, 15) is 9.59 Å². The maximum Gasteiger partial charge on any atom is 0.236 e. The maximum absolute atomic E-state index is 11.2. The number of rotatable bonds is 5. The SMILES string of the molecule is CCC(CCC(=O)NC#N)C(=O)NC#N. The number of nitrogens with one attached hydrogen (secondary N) is 2. The van der Waals surface area contributed by atoms with E-state index in [4.69, 9.17) is 10.5 Å². The Bertz CT molecular complexity index is 313. The van der Waals surface area contributed by atoms with Gasteiger partial charge >= 0.3 is 0 Å². The average molecular weight is 208 g/mol. The highest BCUT2D eigenvalue weighted by Gasteiger charge is 2.17. The first-order chi connectivity index (χ1) is 7.15. The Labute approximate surface area is 87.9 Å². The number of nitrogens with zero attached hydrogens (tertiary/aromatic N) is 2. The predicted molar refractivity (Wildman–Crippen MR) is 50.5 cm³/mol. The number of hydrogen-bond donors (Lipinski definition) is 2. The maximum atomic E-state index is 11.2. The Hall–Kier alpha value is -2.08. The zero-order valence-electron chi connectivity index (χ0n) is 8.41. The molecule has 1 unspecified atom stereocenters. The molecule has 2 N–H and O–H groups in total. The molecule has 0 aromatic rings. The van der Waals surface area contributed by atoms with Gasteiger partial charge in [-0.2, -0.15) is 10.5 Å². The average Bonchev–Trinajstić information content (AvgIpc) is 2.19. The lowest BCUT2D eigenvalue weighted by Crippen LogP contribution is -2.28. The smallest absolute Gasteiger partial charge is 0.236 e. The molecule has 0 aliphatic carbocycles. The Morgan fingerprint density at radius 2 is 1.87 bits per heavy atom. The second kappa shape index (κ2) is 7.34. The van der Waals surface area contributed by atoms with Crippen LogP contribution in [0.2, 0.25) is 0 Å². The normalized spacial score (nSPS) is 10.6. The summed E-state index contributed by atoms with van der Waals surface area (Å²) in [4.78, 5) is 22.1. The first-order valence-electron chi connectivity index (χ1n) is 4.52. The highest BCUT2D eigenvalue weighted by molar-refractivity contribution is 5.81. The zero-order chi connectivity index (χ0) is 11.7. The van der Waals surface area contributed by atoms with Gasteiger partial charge in [-0.1, -0.05) is 6.92 Å². The number of carbonyl (C=O) groups is 2. The van der Waals surface area contributed by atoms with Crippen molar-refractivity contribution in [3.63, 3.8) is 0 Å². The molecule has 6 heteroatoms. The molecule has 0 fully saturated rings. The van der Waals surface area contributed by atoms with E-state index in [1.165, 1.54) is 6.19 Å². The van der Waals surface area contributed by atoms with Gasteiger partial charge in [0.1, 0.15) is 0 Å². The van der Waals surface area contributed by atoms with E-state index in [0.29, 0.717) is 12.8 Å². The molecule has 0 saturated carbocycles. The van der Waals surface area contributed by atoms with E-state index >= 15 is 0 Å². The van der Waals surface area contributed by atoms with Crippen molar-refractivity contribution in [1.29, 1.82) is 10.5 Å². The molecule has 0 spiro atoms. The third-order valence-corrected chi connectivity index (χ3v) is 1.96. The van der Waals surface area contributed by atoms with Gasteiger partial charge in [0.05, 0.1) is 0 Å². The zero-order valence-corrected chi connectivity index (χ0v) is 8.41. The van der Waals surface area contributed by atoms with Gasteiger partial charge in [0.25, 0.3) is 0 Å². The summed E-state index contributed by atoms with van der Waals surface area (Å²) in [6.45, 7) is 1.80. The van der Waals surface area contributed by atoms with Gasteiger partial charge in [0.2, 0.25) is 11.8 Å². The van der Waals surface area contributed by atoms with Crippen molar-refractivity contribution in [2.75, 3.05) is 0 Å². The third-order valence-electron chi connectivity index (χ3n) is 1.96. The molecule has 80 valence electrons. The van der Waals surface area contributed by atoms with E-state index in [2.05, 4.69) is 0 Å². The molecule has 0 aromatic carbocycles. The Kier molecular flexibility index (Phi) is 6.32. The summed E-state index contributed by atoms with van der Waals surface area (Å²) in [5, 5.41) is 20.4. The summed E-state index contributed by atoms with van der Waals surface area (Å²) in [7, 11) is 0. The van der Waals surface area contributed by atoms with Crippen molar-refractivity contribution in [2.24, 2.45) is 5.92 Å². The summed E-state index contributed by atoms with van der Waals surface area (Å²) < 4.78 is 0. The van der Waals surface area contributed by atoms with Crippen LogP contribution in [0.3, 0.4) is 0 Å². The van der Waals surface area contributed by atoms with Crippen molar-refractivity contribution in [3.05, 3.63) is 0 Å². The van der Waals surface area contributed by atoms with Gasteiger partial charge in [-0.3, -0.25) is 20.2 Å². The second-order valence-corrected chi connectivity index (χ2v) is 2.90. The summed E-state index contributed by atoms with van der Waals surface area (Å²) in [5.74, 6) is -1.17. The Morgan fingerprint density at radius 3 is 2.33 bits per heavy atom. The third kappa shape index (κ3) is 5.27. The molecule has 0 aliphatic heterocycles. The van der Waals surface area contributed by atoms with Crippen LogP contribution in [0.1, 0.15) is 26.2 Å². The lowest BCUT2D eigenvalue weighted by atomic mass is 9.99. The Morgan fingerprint density at radius 1 is 1.27 bits per heavy atom. The first kappa shape index (κ1) is 12.9. The molecule has 0 bridgehead atoms. The summed E-state index contributed by atoms with van der Waals surface area (Å²) in [5.41, 5.74) is 0. The van der Waals surface area contributed by atoms with Crippen LogP contribution in [0.15, 0.2) is 0 Å². The van der Waals surface area contributed by atoms with Crippen molar-refractivity contribution in [2.45, 2.75) is 26.2 Å². The lowest BCUT2D eigenvalue weighted by Gasteiger charge is -2.10. The minimum absolute atomic E-state index is 0.102. The highest BCUT2D eigenvalue weighted by Crippen LogP contribution is 2.10. The van der Waals surface area contributed by atoms with Crippen LogP contribution >= 0.6 is 0 Å². The number of amides is 2. The van der Waals surface area contributed by atoms with Gasteiger partial charge in [-0.15, -0.1) is 0 Å². The first-order valence-corrected chi connectivity index (χ1v) is 4.52. The molecule has 6 nitrogen and oxygen atoms in total. The van der Waals surface area contributed by atoms with Crippen LogP contribution in [-0.2, 0) is 9.59 Å². The minimum atomic E-state index is -0.416. The molecule has 15 heavy (non-hydrogen) atoms. The standard InChI is InChI=1S/C9H12N4O2/c1-2-7(9(15)13-6-11)3-4-8(14)12-5-10/h7H,2-4H2,1H3,(H,12,14)(H,13,15). The summed E-state index contributed by atoms with van der Waals surface area (Å²) in [6, 6.07) is 0. The van der Waals surface area contributed by atoms with E-state index in [0.717, 1.165) is 0 Å². The predicted octanol–water partition coefficient (Wildman–Crippen LogP) is -0.0126. The topological polar surface area (TPSA) is 106 Å². The molecule has 0 aromatic heterocycles. The van der Waals surface area contributed by atoms with Gasteiger partial charge in [-0.05, 0) is 12.8 Å². The summed E-state index contributed by atoms with van der Waals surface area (Å²) in [6.07, 6.45) is 4.04. The van der Waals surface area contributed by atoms with Crippen molar-refractivity contribution in [3.8, 4) is 12.4 Å². The molecule has 0 heterocycles. The molecule has 2 amide bonds. The van der Waals surface area contributed by atoms with Crippen molar-refractivity contribution < 1.29 is 9.59 Å². The lowest BCUT2D eigenvalue weighted by molar-refractivity contribution is -0.124. The fraction of sp³-hybridized carbons (Fsp3) is 0.556. The highest BCUT2D eigenvalue weighted by atomic mass is 16.2. The monoisotopic (exact) mass is 208 g/mol. The van der Waals surface area contributed by atoms with Crippen LogP contribution in [-0.4, -0.2) is 11.8 Å². The molecule has 0 aliphatic rings. The largest absolute Gasteiger partial charge is 0.274 e. The van der Waals surface area contributed by atoms with Crippen LogP contribution in [0.5, 0.6) is 0 Å². The molecular weight excluding hydrogens is 196 g/mol. The van der Waals surface area contributed by atoms with Gasteiger partial charge in [0.15, 0.2) is 12.4 Å². The fourth-order valence-electron chi connectivity index (χ4n) is 1.11. The molecule has 1 atom stereocenters. The van der Waals surface area contributed by atoms with E-state index < -0.39 is 5.91 Å². The molecule has 0 rings (SSSR count). The number of carbonyl (C=O) groups excluding carboxylic acids is 2. The molecular formula is C9H12N4O2. The quantitative estimate of drug-likeness (QED) is 0.489. The van der Waals surface area contributed by atoms with E-state index in [1.807, 2.05) is 10.6 Å². The van der Waals surface area contributed by atoms with Crippen molar-refractivity contribution >= 4 is 11.8 Å². The van der Waals surface area contributed by atoms with Crippen LogP contribution in [0.25, 0.3) is 0 Å². The molecule has 0 saturated heterocycles. The van der Waals surface area contributed by atoms with E-state index in [1.54, 1.807) is 13.1 Å². The van der Waals surface area contributed by atoms with E-state index in [-0.39, 0.29) is 18.2 Å². The van der Waals surface area contributed by atoms with Gasteiger partial charge < -0.3 is 0 Å². The Balaban J connectivity index is 4.02. The number of hydrogen-bond acceptors (Lipinski definition) is 4.